The van der Waals surface area contributed by atoms with Crippen LogP contribution in [0.1, 0.15) is 0 Å². The van der Waals surface area contributed by atoms with Crippen molar-refractivity contribution in [2.24, 2.45) is 0 Å². The van der Waals surface area contributed by atoms with Crippen LogP contribution in [0.4, 0.5) is 5.69 Å². The number of hydrogen-bond acceptors (Lipinski definition) is 6. The number of hydrogen-bond donors (Lipinski definition) is 0. The zero-order valence-corrected chi connectivity index (χ0v) is 10.4. The molecule has 0 radical (unpaired) electrons. The van der Waals surface area contributed by atoms with Crippen LogP contribution in [0.25, 0.3) is 0 Å². The molecule has 0 fully saturated rings. The molecule has 0 saturated carbocycles. The van der Waals surface area contributed by atoms with E-state index in [1.54, 1.807) is 0 Å². The van der Waals surface area contributed by atoms with Gasteiger partial charge in [0.1, 0.15) is 10.1 Å². The molecule has 7 nitrogen and oxygen atoms in total. The first-order chi connectivity index (χ1) is 6.32. The quantitative estimate of drug-likeness (QED) is 0.229. The monoisotopic (exact) mass is 240 g/mol. The Morgan fingerprint density at radius 2 is 1.80 bits per heavy atom. The molecule has 0 N–H and O–H groups in total. The molecule has 0 bridgehead atoms. The summed E-state index contributed by atoms with van der Waals surface area (Å²) >= 11 is 0. The molecular weight excluding hydrogens is 237 g/mol. The van der Waals surface area contributed by atoms with Gasteiger partial charge in [-0.2, -0.15) is 0 Å². The predicted molar refractivity (Wildman–Crippen MR) is 40.5 cm³/mol. The van der Waals surface area contributed by atoms with E-state index in [4.69, 9.17) is 0 Å². The standard InChI is InChI=1S/C6H5NO6S.Na/c8-5-2-1-4(7(9)10)3-6(5)14(11,12)13;/h1-3,8H,(H,11,12,13);/q;+1/p-2. The van der Waals surface area contributed by atoms with Crippen molar-refractivity contribution < 1.29 is 52.6 Å². The zero-order chi connectivity index (χ0) is 10.9. The van der Waals surface area contributed by atoms with Crippen LogP contribution in [-0.4, -0.2) is 17.9 Å². The smallest absolute Gasteiger partial charge is 0.872 e. The Morgan fingerprint density at radius 3 is 2.20 bits per heavy atom. The molecule has 9 heteroatoms. The van der Waals surface area contributed by atoms with Crippen LogP contribution < -0.4 is 34.7 Å². The van der Waals surface area contributed by atoms with Crippen LogP contribution in [0.15, 0.2) is 23.1 Å². The first-order valence-corrected chi connectivity index (χ1v) is 4.64. The molecular formula is C6H3NNaO6S-. The van der Waals surface area contributed by atoms with E-state index in [0.29, 0.717) is 12.1 Å². The van der Waals surface area contributed by atoms with E-state index in [1.165, 1.54) is 0 Å². The third kappa shape index (κ3) is 3.43. The average molecular weight is 240 g/mol. The number of nitrogens with zero attached hydrogens (tertiary/aromatic N) is 1. The Labute approximate surface area is 107 Å². The first kappa shape index (κ1) is 14.3. The summed E-state index contributed by atoms with van der Waals surface area (Å²) in [5.41, 5.74) is -0.612. The van der Waals surface area contributed by atoms with Crippen molar-refractivity contribution in [1.82, 2.24) is 0 Å². The molecule has 0 spiro atoms. The maximum Gasteiger partial charge on any atom is 1.00 e. The van der Waals surface area contributed by atoms with Gasteiger partial charge in [-0.3, -0.25) is 10.1 Å². The topological polar surface area (TPSA) is 123 Å². The molecule has 0 amide bonds. The Balaban J connectivity index is 0.00000196. The van der Waals surface area contributed by atoms with Crippen molar-refractivity contribution in [2.45, 2.75) is 4.90 Å². The summed E-state index contributed by atoms with van der Waals surface area (Å²) in [6, 6.07) is 1.95. The van der Waals surface area contributed by atoms with E-state index in [0.717, 1.165) is 6.07 Å². The van der Waals surface area contributed by atoms with Crippen molar-refractivity contribution in [3.8, 4) is 5.75 Å². The second-order valence-corrected chi connectivity index (χ2v) is 3.69. The van der Waals surface area contributed by atoms with Gasteiger partial charge in [0, 0.05) is 12.1 Å². The van der Waals surface area contributed by atoms with Gasteiger partial charge in [-0.25, -0.2) is 8.42 Å². The van der Waals surface area contributed by atoms with E-state index in [1.807, 2.05) is 0 Å². The van der Waals surface area contributed by atoms with Gasteiger partial charge >= 0.3 is 29.6 Å². The van der Waals surface area contributed by atoms with Gasteiger partial charge in [0.05, 0.1) is 9.82 Å². The number of rotatable bonds is 2. The van der Waals surface area contributed by atoms with Crippen LogP contribution in [-0.2, 0) is 10.1 Å². The molecule has 0 atom stereocenters. The van der Waals surface area contributed by atoms with E-state index in [9.17, 15) is 28.2 Å². The molecule has 15 heavy (non-hydrogen) atoms. The SMILES string of the molecule is O=[N+]([O-])c1ccc([O-])c(S(=O)(=O)[O-])c1.[Na+]. The van der Waals surface area contributed by atoms with Gasteiger partial charge in [-0.05, 0) is 0 Å². The Kier molecular flexibility index (Phi) is 4.68. The van der Waals surface area contributed by atoms with Crippen molar-refractivity contribution in [3.63, 3.8) is 0 Å². The summed E-state index contributed by atoms with van der Waals surface area (Å²) in [4.78, 5) is 8.20. The van der Waals surface area contributed by atoms with Crippen LogP contribution in [0.5, 0.6) is 5.75 Å². The summed E-state index contributed by atoms with van der Waals surface area (Å²) in [7, 11) is -4.96. The molecule has 1 aromatic carbocycles. The molecule has 0 unspecified atom stereocenters. The van der Waals surface area contributed by atoms with Crippen LogP contribution in [0, 0.1) is 10.1 Å². The summed E-state index contributed by atoms with van der Waals surface area (Å²) in [5, 5.41) is 21.0. The maximum atomic E-state index is 10.8. The summed E-state index contributed by atoms with van der Waals surface area (Å²) in [6.45, 7) is 0. The average Bonchev–Trinajstić information content (AvgIpc) is 2.02. The van der Waals surface area contributed by atoms with Gasteiger partial charge in [0.25, 0.3) is 5.69 Å². The maximum absolute atomic E-state index is 10.8. The van der Waals surface area contributed by atoms with Crippen molar-refractivity contribution in [1.29, 1.82) is 0 Å². The fraction of sp³-hybridized carbons (Fsp3) is 0. The fourth-order valence-corrected chi connectivity index (χ4v) is 1.39. The van der Waals surface area contributed by atoms with Crippen molar-refractivity contribution in [3.05, 3.63) is 28.3 Å². The molecule has 76 valence electrons. The van der Waals surface area contributed by atoms with Crippen molar-refractivity contribution >= 4 is 15.8 Å². The minimum absolute atomic E-state index is 0. The molecule has 0 aliphatic carbocycles. The van der Waals surface area contributed by atoms with Crippen LogP contribution in [0.3, 0.4) is 0 Å². The van der Waals surface area contributed by atoms with Crippen molar-refractivity contribution in [2.75, 3.05) is 0 Å². The molecule has 1 aromatic rings. The minimum atomic E-state index is -4.96. The predicted octanol–water partition coefficient (Wildman–Crippen LogP) is -3.42. The number of non-ortho nitro benzene ring substituents is 1. The zero-order valence-electron chi connectivity index (χ0n) is 7.54. The van der Waals surface area contributed by atoms with Gasteiger partial charge < -0.3 is 9.66 Å². The largest absolute Gasteiger partial charge is 1.00 e. The minimum Gasteiger partial charge on any atom is -0.872 e. The normalized spacial score (nSPS) is 10.5. The number of nitro groups is 1. The molecule has 0 aromatic heterocycles. The van der Waals surface area contributed by atoms with Gasteiger partial charge in [0.2, 0.25) is 0 Å². The molecule has 0 aliphatic heterocycles. The van der Waals surface area contributed by atoms with E-state index < -0.39 is 31.4 Å². The Hall–Kier alpha value is -0.670. The van der Waals surface area contributed by atoms with Crippen LogP contribution >= 0.6 is 0 Å². The first-order valence-electron chi connectivity index (χ1n) is 3.24. The number of benzene rings is 1. The second-order valence-electron chi connectivity index (χ2n) is 2.34. The van der Waals surface area contributed by atoms with Crippen LogP contribution in [0.2, 0.25) is 0 Å². The molecule has 0 heterocycles. The van der Waals surface area contributed by atoms with Gasteiger partial charge in [0.15, 0.2) is 0 Å². The molecule has 0 aliphatic rings. The van der Waals surface area contributed by atoms with Gasteiger partial charge in [-0.1, -0.05) is 11.8 Å². The third-order valence-electron chi connectivity index (χ3n) is 1.41. The fourth-order valence-electron chi connectivity index (χ4n) is 0.806. The second kappa shape index (κ2) is 4.90. The van der Waals surface area contributed by atoms with Gasteiger partial charge in [-0.15, -0.1) is 0 Å². The summed E-state index contributed by atoms with van der Waals surface area (Å²) in [6.07, 6.45) is 0. The van der Waals surface area contributed by atoms with E-state index >= 15 is 0 Å². The number of nitro benzene ring substituents is 1. The molecule has 1 rings (SSSR count). The summed E-state index contributed by atoms with van der Waals surface area (Å²) in [5.74, 6) is -1.05. The van der Waals surface area contributed by atoms with E-state index in [2.05, 4.69) is 0 Å². The van der Waals surface area contributed by atoms with E-state index in [-0.39, 0.29) is 29.6 Å². The third-order valence-corrected chi connectivity index (χ3v) is 2.27. The Morgan fingerprint density at radius 1 is 1.27 bits per heavy atom. The molecule has 0 saturated heterocycles. The Bertz CT molecular complexity index is 484. The summed E-state index contributed by atoms with van der Waals surface area (Å²) < 4.78 is 31.4.